The molecule has 3 heteroatoms. The van der Waals surface area contributed by atoms with Crippen molar-refractivity contribution in [1.29, 1.82) is 0 Å². The van der Waals surface area contributed by atoms with Crippen molar-refractivity contribution in [2.75, 3.05) is 26.7 Å². The van der Waals surface area contributed by atoms with E-state index in [1.807, 2.05) is 0 Å². The number of aliphatic hydroxyl groups excluding tert-OH is 1. The Kier molecular flexibility index (Phi) is 6.61. The van der Waals surface area contributed by atoms with Gasteiger partial charge in [0.05, 0.1) is 12.1 Å². The van der Waals surface area contributed by atoms with E-state index in [-0.39, 0.29) is 12.1 Å². The van der Waals surface area contributed by atoms with Gasteiger partial charge < -0.3 is 15.3 Å². The van der Waals surface area contributed by atoms with Crippen LogP contribution in [0.1, 0.15) is 52.9 Å². The molecule has 1 aliphatic rings. The lowest BCUT2D eigenvalue weighted by Crippen LogP contribution is -2.58. The first-order valence-electron chi connectivity index (χ1n) is 7.69. The van der Waals surface area contributed by atoms with Crippen LogP contribution in [0.4, 0.5) is 0 Å². The normalized spacial score (nSPS) is 19.5. The van der Waals surface area contributed by atoms with Crippen molar-refractivity contribution in [2.45, 2.75) is 64.5 Å². The van der Waals surface area contributed by atoms with Crippen LogP contribution in [0, 0.1) is 5.92 Å². The molecule has 1 rings (SSSR count). The number of likely N-dealkylation sites (N-methyl/N-ethyl adjacent to an activating group) is 1. The fourth-order valence-electron chi connectivity index (χ4n) is 3.06. The van der Waals surface area contributed by atoms with Gasteiger partial charge in [0.25, 0.3) is 0 Å². The van der Waals surface area contributed by atoms with Gasteiger partial charge in [0.1, 0.15) is 0 Å². The number of rotatable bonds is 10. The number of nitrogens with one attached hydrogen (secondary N) is 1. The van der Waals surface area contributed by atoms with E-state index < -0.39 is 0 Å². The van der Waals surface area contributed by atoms with Crippen LogP contribution in [0.15, 0.2) is 0 Å². The van der Waals surface area contributed by atoms with Crippen molar-refractivity contribution in [3.8, 4) is 0 Å². The van der Waals surface area contributed by atoms with Crippen molar-refractivity contribution < 1.29 is 5.11 Å². The van der Waals surface area contributed by atoms with Crippen molar-refractivity contribution in [1.82, 2.24) is 10.2 Å². The molecule has 2 N–H and O–H groups in total. The molecular weight excluding hydrogens is 224 g/mol. The summed E-state index contributed by atoms with van der Waals surface area (Å²) in [6.45, 7) is 8.94. The molecule has 108 valence electrons. The summed E-state index contributed by atoms with van der Waals surface area (Å²) in [5.41, 5.74) is -0.0622. The fourth-order valence-corrected chi connectivity index (χ4v) is 3.06. The molecule has 1 fully saturated rings. The van der Waals surface area contributed by atoms with Crippen LogP contribution in [0.25, 0.3) is 0 Å². The average molecular weight is 256 g/mol. The van der Waals surface area contributed by atoms with Crippen molar-refractivity contribution in [3.63, 3.8) is 0 Å². The van der Waals surface area contributed by atoms with Gasteiger partial charge >= 0.3 is 0 Å². The first-order valence-corrected chi connectivity index (χ1v) is 7.69. The summed E-state index contributed by atoms with van der Waals surface area (Å²) in [5, 5.41) is 13.5. The maximum Gasteiger partial charge on any atom is 0.0628 e. The zero-order valence-corrected chi connectivity index (χ0v) is 12.7. The van der Waals surface area contributed by atoms with Crippen LogP contribution in [-0.4, -0.2) is 48.3 Å². The summed E-state index contributed by atoms with van der Waals surface area (Å²) in [6.07, 6.45) is 6.05. The lowest BCUT2D eigenvalue weighted by Gasteiger charge is -2.39. The number of hydrogen-bond acceptors (Lipinski definition) is 3. The van der Waals surface area contributed by atoms with Crippen LogP contribution in [-0.2, 0) is 0 Å². The molecule has 0 aromatic carbocycles. The molecule has 1 atom stereocenters. The Labute approximate surface area is 113 Å². The predicted molar refractivity (Wildman–Crippen MR) is 77.8 cm³/mol. The van der Waals surface area contributed by atoms with E-state index in [0.29, 0.717) is 12.0 Å². The minimum absolute atomic E-state index is 0.0622. The van der Waals surface area contributed by atoms with E-state index in [4.69, 9.17) is 0 Å². The maximum atomic E-state index is 9.90. The molecule has 0 aromatic rings. The Hall–Kier alpha value is -0.120. The summed E-state index contributed by atoms with van der Waals surface area (Å²) >= 11 is 0. The van der Waals surface area contributed by atoms with Crippen LogP contribution >= 0.6 is 0 Å². The summed E-state index contributed by atoms with van der Waals surface area (Å²) in [4.78, 5) is 2.44. The van der Waals surface area contributed by atoms with Gasteiger partial charge in [-0.25, -0.2) is 0 Å². The van der Waals surface area contributed by atoms with Gasteiger partial charge in [0.15, 0.2) is 0 Å². The molecule has 0 radical (unpaired) electrons. The van der Waals surface area contributed by atoms with E-state index in [2.05, 4.69) is 38.0 Å². The predicted octanol–water partition coefficient (Wildman–Crippen LogP) is 2.25. The van der Waals surface area contributed by atoms with Gasteiger partial charge in [0.2, 0.25) is 0 Å². The van der Waals surface area contributed by atoms with Crippen LogP contribution in [0.2, 0.25) is 0 Å². The Morgan fingerprint density at radius 3 is 2.28 bits per heavy atom. The van der Waals surface area contributed by atoms with Gasteiger partial charge in [-0.15, -0.1) is 0 Å². The number of aliphatic hydroxyl groups is 1. The average Bonchev–Trinajstić information content (AvgIpc) is 3.20. The third-order valence-corrected chi connectivity index (χ3v) is 4.47. The van der Waals surface area contributed by atoms with E-state index in [1.54, 1.807) is 0 Å². The minimum atomic E-state index is -0.0622. The Morgan fingerprint density at radius 1 is 1.28 bits per heavy atom. The summed E-state index contributed by atoms with van der Waals surface area (Å²) < 4.78 is 0. The molecule has 0 amide bonds. The van der Waals surface area contributed by atoms with Gasteiger partial charge in [-0.3, -0.25) is 0 Å². The molecule has 1 aliphatic carbocycles. The molecular formula is C15H32N2O. The molecule has 1 saturated carbocycles. The highest BCUT2D eigenvalue weighted by molar-refractivity contribution is 5.03. The third-order valence-electron chi connectivity index (χ3n) is 4.47. The fraction of sp³-hybridized carbons (Fsp3) is 1.00. The second-order valence-corrected chi connectivity index (χ2v) is 5.90. The highest BCUT2D eigenvalue weighted by Gasteiger charge is 2.45. The van der Waals surface area contributed by atoms with Crippen molar-refractivity contribution >= 4 is 0 Å². The summed E-state index contributed by atoms with van der Waals surface area (Å²) in [6, 6.07) is 0.637. The molecule has 0 spiro atoms. The van der Waals surface area contributed by atoms with E-state index in [1.165, 1.54) is 25.7 Å². The highest BCUT2D eigenvalue weighted by Crippen LogP contribution is 2.40. The highest BCUT2D eigenvalue weighted by atomic mass is 16.3. The Morgan fingerprint density at radius 2 is 1.89 bits per heavy atom. The van der Waals surface area contributed by atoms with Gasteiger partial charge in [-0.1, -0.05) is 20.8 Å². The van der Waals surface area contributed by atoms with Gasteiger partial charge in [0, 0.05) is 12.6 Å². The Bertz CT molecular complexity index is 227. The molecule has 0 saturated heterocycles. The number of nitrogens with zero attached hydrogens (tertiary/aromatic N) is 1. The van der Waals surface area contributed by atoms with E-state index in [9.17, 15) is 5.11 Å². The van der Waals surface area contributed by atoms with E-state index in [0.717, 1.165) is 19.5 Å². The Balaban J connectivity index is 2.64. The zero-order chi connectivity index (χ0) is 13.6. The lowest BCUT2D eigenvalue weighted by atomic mass is 9.92. The first kappa shape index (κ1) is 15.9. The lowest BCUT2D eigenvalue weighted by molar-refractivity contribution is 0.0816. The van der Waals surface area contributed by atoms with Gasteiger partial charge in [-0.05, 0) is 51.6 Å². The van der Waals surface area contributed by atoms with Crippen molar-refractivity contribution in [3.05, 3.63) is 0 Å². The van der Waals surface area contributed by atoms with Crippen LogP contribution < -0.4 is 5.32 Å². The molecule has 0 heterocycles. The molecule has 3 nitrogen and oxygen atoms in total. The molecule has 18 heavy (non-hydrogen) atoms. The number of hydrogen-bond donors (Lipinski definition) is 2. The largest absolute Gasteiger partial charge is 0.394 e. The standard InChI is InChI=1S/C15H32N2O/c1-5-10-16-15(12-18,13-8-9-13)11-17(4)14(6-2)7-3/h13-14,16,18H,5-12H2,1-4H3. The van der Waals surface area contributed by atoms with Crippen LogP contribution in [0.5, 0.6) is 0 Å². The second kappa shape index (κ2) is 7.46. The zero-order valence-electron chi connectivity index (χ0n) is 12.7. The third kappa shape index (κ3) is 3.94. The van der Waals surface area contributed by atoms with Crippen molar-refractivity contribution in [2.24, 2.45) is 5.92 Å². The monoisotopic (exact) mass is 256 g/mol. The molecule has 0 bridgehead atoms. The minimum Gasteiger partial charge on any atom is -0.394 e. The molecule has 0 aliphatic heterocycles. The van der Waals surface area contributed by atoms with Gasteiger partial charge in [-0.2, -0.15) is 0 Å². The summed E-state index contributed by atoms with van der Waals surface area (Å²) in [5.74, 6) is 0.672. The first-order chi connectivity index (χ1) is 8.63. The maximum absolute atomic E-state index is 9.90. The smallest absolute Gasteiger partial charge is 0.0628 e. The molecule has 1 unspecified atom stereocenters. The second-order valence-electron chi connectivity index (χ2n) is 5.90. The molecule has 0 aromatic heterocycles. The summed E-state index contributed by atoms with van der Waals surface area (Å²) in [7, 11) is 2.21. The topological polar surface area (TPSA) is 35.5 Å². The van der Waals surface area contributed by atoms with Crippen LogP contribution in [0.3, 0.4) is 0 Å². The quantitative estimate of drug-likeness (QED) is 0.629. The SMILES string of the molecule is CCCNC(CO)(CN(C)C(CC)CC)C1CC1. The van der Waals surface area contributed by atoms with E-state index >= 15 is 0 Å².